The number of likely N-dealkylation sites (tertiary alicyclic amines) is 1. The number of carbonyl (C=O) groups is 1. The first-order chi connectivity index (χ1) is 21.1. The van der Waals surface area contributed by atoms with E-state index in [9.17, 15) is 17.6 Å². The molecular formula is C33H35FN4O4S2. The molecule has 44 heavy (non-hydrogen) atoms. The van der Waals surface area contributed by atoms with Crippen LogP contribution in [0, 0.1) is 5.82 Å². The number of sulfonamides is 1. The van der Waals surface area contributed by atoms with Crippen molar-refractivity contribution in [3.8, 4) is 11.5 Å². The maximum absolute atomic E-state index is 13.3. The lowest BCUT2D eigenvalue weighted by Gasteiger charge is -2.33. The van der Waals surface area contributed by atoms with Gasteiger partial charge in [-0.2, -0.15) is 0 Å². The highest BCUT2D eigenvalue weighted by molar-refractivity contribution is 7.98. The van der Waals surface area contributed by atoms with Crippen LogP contribution >= 0.6 is 11.8 Å². The van der Waals surface area contributed by atoms with Crippen molar-refractivity contribution < 1.29 is 22.3 Å². The summed E-state index contributed by atoms with van der Waals surface area (Å²) in [6, 6.07) is 26.6. The molecule has 1 heterocycles. The smallest absolute Gasteiger partial charge is 0.258 e. The summed E-state index contributed by atoms with van der Waals surface area (Å²) in [6.45, 7) is 2.67. The Morgan fingerprint density at radius 2 is 1.52 bits per heavy atom. The molecule has 1 amide bonds. The van der Waals surface area contributed by atoms with Gasteiger partial charge in [0.2, 0.25) is 10.0 Å². The van der Waals surface area contributed by atoms with Gasteiger partial charge in [-0.25, -0.2) is 12.8 Å². The molecule has 0 spiro atoms. The summed E-state index contributed by atoms with van der Waals surface area (Å²) >= 11 is 1.52. The number of benzene rings is 4. The molecule has 1 fully saturated rings. The van der Waals surface area contributed by atoms with Crippen molar-refractivity contribution >= 4 is 44.8 Å². The van der Waals surface area contributed by atoms with Crippen LogP contribution in [0.3, 0.4) is 0 Å². The fourth-order valence-corrected chi connectivity index (χ4v) is 6.29. The Morgan fingerprint density at radius 1 is 0.909 bits per heavy atom. The number of amides is 1. The van der Waals surface area contributed by atoms with Crippen molar-refractivity contribution in [2.45, 2.75) is 30.3 Å². The van der Waals surface area contributed by atoms with Gasteiger partial charge < -0.3 is 15.4 Å². The second-order valence-electron chi connectivity index (χ2n) is 10.7. The van der Waals surface area contributed by atoms with Crippen LogP contribution in [-0.4, -0.2) is 50.9 Å². The molecule has 1 saturated heterocycles. The van der Waals surface area contributed by atoms with E-state index in [1.165, 1.54) is 29.5 Å². The summed E-state index contributed by atoms with van der Waals surface area (Å²) in [5, 5.41) is 6.52. The van der Waals surface area contributed by atoms with Crippen molar-refractivity contribution in [3.05, 3.63) is 108 Å². The van der Waals surface area contributed by atoms with Crippen LogP contribution in [0.4, 0.5) is 21.5 Å². The summed E-state index contributed by atoms with van der Waals surface area (Å²) < 4.78 is 44.4. The standard InChI is InChI=1S/C33H35FN4O4S2/c1-43-31-5-3-4-30(32(31)33(39)36-25-10-8-24(34)9-11-25)35-26-18-20-38(21-19-26)22-23-6-14-28(15-7-23)42-29-16-12-27(13-17-29)37-44(2,40)41/h3-17,26,35,37H,18-22H2,1-2H3,(H,36,39). The van der Waals surface area contributed by atoms with E-state index in [0.29, 0.717) is 28.4 Å². The number of hydrogen-bond acceptors (Lipinski definition) is 7. The summed E-state index contributed by atoms with van der Waals surface area (Å²) in [7, 11) is -3.32. The lowest BCUT2D eigenvalue weighted by Crippen LogP contribution is -2.39. The first kappa shape index (κ1) is 31.4. The van der Waals surface area contributed by atoms with E-state index >= 15 is 0 Å². The zero-order valence-electron chi connectivity index (χ0n) is 24.5. The number of rotatable bonds is 11. The van der Waals surface area contributed by atoms with Gasteiger partial charge in [0.15, 0.2) is 0 Å². The predicted molar refractivity (Wildman–Crippen MR) is 176 cm³/mol. The van der Waals surface area contributed by atoms with Crippen LogP contribution in [0.15, 0.2) is 95.9 Å². The number of nitrogens with zero attached hydrogens (tertiary/aromatic N) is 1. The number of carbonyl (C=O) groups excluding carboxylic acids is 1. The molecule has 3 N–H and O–H groups in total. The minimum absolute atomic E-state index is 0.227. The molecule has 0 unspecified atom stereocenters. The van der Waals surface area contributed by atoms with E-state index in [2.05, 4.69) is 32.4 Å². The number of hydrogen-bond donors (Lipinski definition) is 3. The highest BCUT2D eigenvalue weighted by Crippen LogP contribution is 2.30. The molecule has 4 aromatic rings. The van der Waals surface area contributed by atoms with Gasteiger partial charge in [-0.3, -0.25) is 14.4 Å². The monoisotopic (exact) mass is 634 g/mol. The number of nitrogens with one attached hydrogen (secondary N) is 3. The Kier molecular flexibility index (Phi) is 10.1. The average molecular weight is 635 g/mol. The minimum Gasteiger partial charge on any atom is -0.457 e. The van der Waals surface area contributed by atoms with E-state index in [-0.39, 0.29) is 17.8 Å². The van der Waals surface area contributed by atoms with Crippen LogP contribution in [0.1, 0.15) is 28.8 Å². The molecule has 230 valence electrons. The zero-order chi connectivity index (χ0) is 31.1. The van der Waals surface area contributed by atoms with Crippen molar-refractivity contribution in [2.24, 2.45) is 0 Å². The molecule has 0 aromatic heterocycles. The van der Waals surface area contributed by atoms with Gasteiger partial charge >= 0.3 is 0 Å². The Bertz CT molecular complexity index is 1670. The number of ether oxygens (including phenoxy) is 1. The van der Waals surface area contributed by atoms with Gasteiger partial charge in [-0.1, -0.05) is 18.2 Å². The van der Waals surface area contributed by atoms with Crippen LogP contribution in [0.2, 0.25) is 0 Å². The van der Waals surface area contributed by atoms with Crippen LogP contribution < -0.4 is 20.1 Å². The summed E-state index contributed by atoms with van der Waals surface area (Å²) in [5.41, 5.74) is 3.60. The van der Waals surface area contributed by atoms with Crippen molar-refractivity contribution in [1.29, 1.82) is 0 Å². The Labute approximate surface area is 262 Å². The van der Waals surface area contributed by atoms with E-state index in [1.54, 1.807) is 36.4 Å². The summed E-state index contributed by atoms with van der Waals surface area (Å²) in [5.74, 6) is 0.741. The van der Waals surface area contributed by atoms with Crippen LogP contribution in [-0.2, 0) is 16.6 Å². The molecule has 11 heteroatoms. The van der Waals surface area contributed by atoms with Gasteiger partial charge in [-0.05, 0) is 97.5 Å². The quantitative estimate of drug-likeness (QED) is 0.152. The second kappa shape index (κ2) is 14.1. The predicted octanol–water partition coefficient (Wildman–Crippen LogP) is 7.04. The van der Waals surface area contributed by atoms with E-state index in [4.69, 9.17) is 4.74 Å². The number of halogens is 1. The zero-order valence-corrected chi connectivity index (χ0v) is 26.2. The lowest BCUT2D eigenvalue weighted by atomic mass is 10.0. The third-order valence-corrected chi connectivity index (χ3v) is 8.63. The molecule has 0 saturated carbocycles. The summed E-state index contributed by atoms with van der Waals surface area (Å²) in [6.07, 6.45) is 4.94. The van der Waals surface area contributed by atoms with Gasteiger partial charge in [0.25, 0.3) is 5.91 Å². The third kappa shape index (κ3) is 8.75. The number of thioether (sulfide) groups is 1. The SMILES string of the molecule is CSc1cccc(NC2CCN(Cc3ccc(Oc4ccc(NS(C)(=O)=O)cc4)cc3)CC2)c1C(=O)Nc1ccc(F)cc1. The molecular weight excluding hydrogens is 600 g/mol. The Balaban J connectivity index is 1.13. The molecule has 0 aliphatic carbocycles. The topological polar surface area (TPSA) is 99.8 Å². The average Bonchev–Trinajstić information content (AvgIpc) is 3.00. The fraction of sp³-hybridized carbons (Fsp3) is 0.242. The van der Waals surface area contributed by atoms with Crippen molar-refractivity contribution in [3.63, 3.8) is 0 Å². The van der Waals surface area contributed by atoms with Crippen molar-refractivity contribution in [2.75, 3.05) is 41.0 Å². The third-order valence-electron chi connectivity index (χ3n) is 7.25. The second-order valence-corrected chi connectivity index (χ2v) is 13.3. The normalized spacial score (nSPS) is 14.2. The Morgan fingerprint density at radius 3 is 2.14 bits per heavy atom. The number of anilines is 3. The first-order valence-electron chi connectivity index (χ1n) is 14.2. The lowest BCUT2D eigenvalue weighted by molar-refractivity contribution is 0.102. The molecule has 1 aliphatic rings. The largest absolute Gasteiger partial charge is 0.457 e. The molecule has 4 aromatic carbocycles. The molecule has 5 rings (SSSR count). The molecule has 0 bridgehead atoms. The highest BCUT2D eigenvalue weighted by Gasteiger charge is 2.23. The van der Waals surface area contributed by atoms with Crippen LogP contribution in [0.25, 0.3) is 0 Å². The van der Waals surface area contributed by atoms with Gasteiger partial charge in [0, 0.05) is 47.6 Å². The van der Waals surface area contributed by atoms with Crippen molar-refractivity contribution in [1.82, 2.24) is 4.90 Å². The van der Waals surface area contributed by atoms with E-state index < -0.39 is 10.0 Å². The molecule has 0 radical (unpaired) electrons. The maximum Gasteiger partial charge on any atom is 0.258 e. The van der Waals surface area contributed by atoms with E-state index in [0.717, 1.165) is 49.3 Å². The first-order valence-corrected chi connectivity index (χ1v) is 17.3. The van der Waals surface area contributed by atoms with Crippen LogP contribution in [0.5, 0.6) is 11.5 Å². The highest BCUT2D eigenvalue weighted by atomic mass is 32.2. The van der Waals surface area contributed by atoms with E-state index in [1.807, 2.05) is 36.6 Å². The maximum atomic E-state index is 13.3. The van der Waals surface area contributed by atoms with Gasteiger partial charge in [-0.15, -0.1) is 11.8 Å². The molecule has 8 nitrogen and oxygen atoms in total. The van der Waals surface area contributed by atoms with Gasteiger partial charge in [0.1, 0.15) is 17.3 Å². The minimum atomic E-state index is -3.32. The fourth-order valence-electron chi connectivity index (χ4n) is 5.10. The molecule has 1 aliphatic heterocycles. The number of piperidine rings is 1. The Hall–Kier alpha value is -4.06. The van der Waals surface area contributed by atoms with Gasteiger partial charge in [0.05, 0.1) is 11.8 Å². The summed E-state index contributed by atoms with van der Waals surface area (Å²) in [4.78, 5) is 16.6. The molecule has 0 atom stereocenters.